The van der Waals surface area contributed by atoms with Gasteiger partial charge in [0.2, 0.25) is 0 Å². The van der Waals surface area contributed by atoms with E-state index in [9.17, 15) is 14.7 Å². The van der Waals surface area contributed by atoms with E-state index in [1.54, 1.807) is 19.1 Å². The van der Waals surface area contributed by atoms with E-state index in [1.165, 1.54) is 6.20 Å². The van der Waals surface area contributed by atoms with Crippen molar-refractivity contribution in [2.45, 2.75) is 11.9 Å². The van der Waals surface area contributed by atoms with Gasteiger partial charge in [0.05, 0.1) is 18.1 Å². The Labute approximate surface area is 96.8 Å². The molecule has 0 radical (unpaired) electrons. The molecule has 0 aromatic carbocycles. The molecule has 0 spiro atoms. The molecule has 0 bridgehead atoms. The standard InChI is InChI=1S/C10H11NO4S/c1-2-15-10(14)7-4-3-5-11-9(7)16-6-8(12)13/h3-5H,2,6H2,1H3,(H,12,13)/p-1. The number of esters is 1. The molecule has 86 valence electrons. The molecule has 0 saturated carbocycles. The fraction of sp³-hybridized carbons (Fsp3) is 0.300. The lowest BCUT2D eigenvalue weighted by molar-refractivity contribution is -0.301. The average Bonchev–Trinajstić information content (AvgIpc) is 2.27. The van der Waals surface area contributed by atoms with Gasteiger partial charge < -0.3 is 14.6 Å². The SMILES string of the molecule is CCOC(=O)c1cccnc1SCC(=O)[O-]. The summed E-state index contributed by atoms with van der Waals surface area (Å²) in [5, 5.41) is 10.6. The highest BCUT2D eigenvalue weighted by molar-refractivity contribution is 7.99. The Hall–Kier alpha value is -1.56. The summed E-state index contributed by atoms with van der Waals surface area (Å²) in [6, 6.07) is 3.14. The van der Waals surface area contributed by atoms with Gasteiger partial charge in [-0.3, -0.25) is 0 Å². The van der Waals surface area contributed by atoms with Crippen LogP contribution in [0.1, 0.15) is 17.3 Å². The normalized spacial score (nSPS) is 9.81. The number of aromatic nitrogens is 1. The molecule has 1 heterocycles. The zero-order valence-electron chi connectivity index (χ0n) is 8.63. The minimum Gasteiger partial charge on any atom is -0.549 e. The molecule has 1 rings (SSSR count). The van der Waals surface area contributed by atoms with Crippen molar-refractivity contribution in [3.05, 3.63) is 23.9 Å². The van der Waals surface area contributed by atoms with Crippen molar-refractivity contribution in [2.24, 2.45) is 0 Å². The van der Waals surface area contributed by atoms with Crippen LogP contribution in [0.25, 0.3) is 0 Å². The summed E-state index contributed by atoms with van der Waals surface area (Å²) < 4.78 is 4.82. The molecule has 0 aliphatic rings. The second-order valence-corrected chi connectivity index (χ2v) is 3.70. The maximum Gasteiger partial charge on any atom is 0.340 e. The molecule has 6 heteroatoms. The molecule has 0 atom stereocenters. The number of carbonyl (C=O) groups excluding carboxylic acids is 2. The molecule has 5 nitrogen and oxygen atoms in total. The van der Waals surface area contributed by atoms with Gasteiger partial charge >= 0.3 is 5.97 Å². The zero-order valence-corrected chi connectivity index (χ0v) is 9.45. The van der Waals surface area contributed by atoms with Crippen LogP contribution in [-0.2, 0) is 9.53 Å². The van der Waals surface area contributed by atoms with Gasteiger partial charge in [-0.1, -0.05) is 11.8 Å². The number of hydrogen-bond donors (Lipinski definition) is 0. The smallest absolute Gasteiger partial charge is 0.340 e. The van der Waals surface area contributed by atoms with Crippen molar-refractivity contribution in [1.82, 2.24) is 4.98 Å². The summed E-state index contributed by atoms with van der Waals surface area (Å²) in [4.78, 5) is 25.7. The van der Waals surface area contributed by atoms with Crippen molar-refractivity contribution >= 4 is 23.7 Å². The van der Waals surface area contributed by atoms with Gasteiger partial charge in [0.1, 0.15) is 5.03 Å². The lowest BCUT2D eigenvalue weighted by Crippen LogP contribution is -2.24. The van der Waals surface area contributed by atoms with E-state index in [0.717, 1.165) is 11.8 Å². The minimum absolute atomic E-state index is 0.247. The van der Waals surface area contributed by atoms with Crippen molar-refractivity contribution < 1.29 is 19.4 Å². The Morgan fingerprint density at radius 3 is 2.94 bits per heavy atom. The van der Waals surface area contributed by atoms with Crippen molar-refractivity contribution in [2.75, 3.05) is 12.4 Å². The maximum atomic E-state index is 11.5. The molecule has 1 aromatic heterocycles. The van der Waals surface area contributed by atoms with E-state index in [2.05, 4.69) is 4.98 Å². The lowest BCUT2D eigenvalue weighted by Gasteiger charge is -2.07. The number of nitrogens with zero attached hydrogens (tertiary/aromatic N) is 1. The third kappa shape index (κ3) is 3.54. The summed E-state index contributed by atoms with van der Waals surface area (Å²) in [6.07, 6.45) is 1.49. The second kappa shape index (κ2) is 6.12. The first kappa shape index (κ1) is 12.5. The first-order chi connectivity index (χ1) is 7.65. The number of rotatable bonds is 5. The van der Waals surface area contributed by atoms with Crippen molar-refractivity contribution in [3.63, 3.8) is 0 Å². The highest BCUT2D eigenvalue weighted by Gasteiger charge is 2.13. The van der Waals surface area contributed by atoms with Gasteiger partial charge in [-0.2, -0.15) is 0 Å². The van der Waals surface area contributed by atoms with Gasteiger partial charge in [0.25, 0.3) is 0 Å². The Kier molecular flexibility index (Phi) is 4.78. The zero-order chi connectivity index (χ0) is 12.0. The third-order valence-corrected chi connectivity index (χ3v) is 2.57. The van der Waals surface area contributed by atoms with E-state index >= 15 is 0 Å². The monoisotopic (exact) mass is 240 g/mol. The van der Waals surface area contributed by atoms with Crippen molar-refractivity contribution in [3.8, 4) is 0 Å². The molecule has 0 aliphatic carbocycles. The first-order valence-electron chi connectivity index (χ1n) is 4.60. The number of carbonyl (C=O) groups is 2. The molecule has 0 saturated heterocycles. The van der Waals surface area contributed by atoms with Crippen LogP contribution in [0.15, 0.2) is 23.4 Å². The predicted octanol–water partition coefficient (Wildman–Crippen LogP) is 0.100. The average molecular weight is 240 g/mol. The van der Waals surface area contributed by atoms with Crippen LogP contribution in [0, 0.1) is 0 Å². The van der Waals surface area contributed by atoms with E-state index < -0.39 is 11.9 Å². The lowest BCUT2D eigenvalue weighted by atomic mass is 10.3. The van der Waals surface area contributed by atoms with Gasteiger partial charge in [0.15, 0.2) is 0 Å². The van der Waals surface area contributed by atoms with Crippen LogP contribution in [0.2, 0.25) is 0 Å². The first-order valence-corrected chi connectivity index (χ1v) is 5.58. The van der Waals surface area contributed by atoms with Gasteiger partial charge in [0, 0.05) is 11.9 Å². The number of carboxylic acid groups (broad SMARTS) is 1. The van der Waals surface area contributed by atoms with E-state index in [-0.39, 0.29) is 17.9 Å². The fourth-order valence-electron chi connectivity index (χ4n) is 0.997. The quantitative estimate of drug-likeness (QED) is 0.536. The molecule has 0 unspecified atom stereocenters. The van der Waals surface area contributed by atoms with E-state index in [0.29, 0.717) is 5.03 Å². The summed E-state index contributed by atoms with van der Waals surface area (Å²) in [5.74, 6) is -1.95. The Balaban J connectivity index is 2.82. The Bertz CT molecular complexity index is 394. The summed E-state index contributed by atoms with van der Waals surface area (Å²) in [6.45, 7) is 1.96. The number of pyridine rings is 1. The molecule has 0 fully saturated rings. The summed E-state index contributed by atoms with van der Waals surface area (Å²) in [7, 11) is 0. The molecular formula is C10H10NO4S-. The largest absolute Gasteiger partial charge is 0.549 e. The second-order valence-electron chi connectivity index (χ2n) is 2.74. The third-order valence-electron chi connectivity index (χ3n) is 1.59. The highest BCUT2D eigenvalue weighted by Crippen LogP contribution is 2.20. The van der Waals surface area contributed by atoms with Crippen LogP contribution in [0.5, 0.6) is 0 Å². The topological polar surface area (TPSA) is 79.3 Å². The van der Waals surface area contributed by atoms with Crippen LogP contribution in [0.3, 0.4) is 0 Å². The predicted molar refractivity (Wildman–Crippen MR) is 55.9 cm³/mol. The van der Waals surface area contributed by atoms with Crippen LogP contribution in [0.4, 0.5) is 0 Å². The molecular weight excluding hydrogens is 230 g/mol. The number of carboxylic acids is 1. The van der Waals surface area contributed by atoms with Crippen LogP contribution >= 0.6 is 11.8 Å². The van der Waals surface area contributed by atoms with Gasteiger partial charge in [-0.15, -0.1) is 0 Å². The molecule has 1 aromatic rings. The van der Waals surface area contributed by atoms with Crippen LogP contribution < -0.4 is 5.11 Å². The van der Waals surface area contributed by atoms with Crippen LogP contribution in [-0.4, -0.2) is 29.3 Å². The maximum absolute atomic E-state index is 11.5. The molecule has 0 amide bonds. The fourth-order valence-corrected chi connectivity index (χ4v) is 1.69. The number of hydrogen-bond acceptors (Lipinski definition) is 6. The Morgan fingerprint density at radius 2 is 2.31 bits per heavy atom. The number of ether oxygens (including phenoxy) is 1. The Morgan fingerprint density at radius 1 is 1.56 bits per heavy atom. The van der Waals surface area contributed by atoms with E-state index in [1.807, 2.05) is 0 Å². The molecule has 0 N–H and O–H groups in total. The van der Waals surface area contributed by atoms with Crippen molar-refractivity contribution in [1.29, 1.82) is 0 Å². The van der Waals surface area contributed by atoms with Gasteiger partial charge in [-0.05, 0) is 19.1 Å². The van der Waals surface area contributed by atoms with Gasteiger partial charge in [-0.25, -0.2) is 9.78 Å². The van der Waals surface area contributed by atoms with E-state index in [4.69, 9.17) is 4.74 Å². The molecule has 16 heavy (non-hydrogen) atoms. The highest BCUT2D eigenvalue weighted by atomic mass is 32.2. The number of thioether (sulfide) groups is 1. The summed E-state index contributed by atoms with van der Waals surface area (Å²) in [5.41, 5.74) is 0.274. The number of aliphatic carboxylic acids is 1. The molecule has 0 aliphatic heterocycles. The summed E-state index contributed by atoms with van der Waals surface area (Å²) >= 11 is 0.935. The minimum atomic E-state index is -1.20.